The van der Waals surface area contributed by atoms with Gasteiger partial charge in [0.2, 0.25) is 0 Å². The Morgan fingerprint density at radius 2 is 1.11 bits per heavy atom. The molecule has 0 spiro atoms. The van der Waals surface area contributed by atoms with Gasteiger partial charge in [0, 0.05) is 0 Å². The number of benzene rings is 2. The van der Waals surface area contributed by atoms with Crippen molar-refractivity contribution in [1.82, 2.24) is 0 Å². The molecular weight excluding hydrogens is 1530 g/mol. The molecule has 2 aromatic carbocycles. The van der Waals surface area contributed by atoms with Crippen molar-refractivity contribution in [1.29, 1.82) is 0 Å². The van der Waals surface area contributed by atoms with Crippen LogP contribution in [-0.4, -0.2) is 6.26 Å². The van der Waals surface area contributed by atoms with E-state index in [9.17, 15) is 0 Å². The summed E-state index contributed by atoms with van der Waals surface area (Å²) in [6.45, 7) is 2.47. The Bertz CT molecular complexity index is 695. The van der Waals surface area contributed by atoms with Crippen LogP contribution in [0.3, 0.4) is 0 Å². The first-order valence-electron chi connectivity index (χ1n) is 6.86. The Morgan fingerprint density at radius 3 is 1.63 bits per heavy atom. The van der Waals surface area contributed by atoms with E-state index in [1.54, 1.807) is 10.5 Å². The maximum absolute atomic E-state index is 2.47. The molecule has 2 aromatic rings. The SMILES string of the molecule is CSc1[c]([RaH])[c]([RaH])c2[c]([RaH])c(C)[c]([RaH])[c]([RaH])c2[c]1[RaH]. The summed E-state index contributed by atoms with van der Waals surface area (Å²) in [5.41, 5.74) is 1.80. The van der Waals surface area contributed by atoms with Crippen LogP contribution < -0.4 is 3.63 Å². The van der Waals surface area contributed by atoms with Crippen LogP contribution in [0.1, 0.15) is 5.56 Å². The summed E-state index contributed by atoms with van der Waals surface area (Å²) in [6.07, 6.45) is 2.33. The summed E-state index contributed by atoms with van der Waals surface area (Å²) in [4.78, 5) is 1.80. The van der Waals surface area contributed by atoms with Gasteiger partial charge in [-0.2, -0.15) is 0 Å². The van der Waals surface area contributed by atoms with E-state index >= 15 is 0 Å². The van der Waals surface area contributed by atoms with Gasteiger partial charge in [0.25, 0.3) is 0 Å². The van der Waals surface area contributed by atoms with E-state index in [0.29, 0.717) is 257 Å². The van der Waals surface area contributed by atoms with Crippen molar-refractivity contribution < 1.29 is 257 Å². The van der Waals surface area contributed by atoms with E-state index in [0.717, 1.165) is 0 Å². The van der Waals surface area contributed by atoms with E-state index in [1.165, 1.54) is 0 Å². The Morgan fingerprint density at radius 1 is 0.632 bits per heavy atom. The van der Waals surface area contributed by atoms with Crippen molar-refractivity contribution in [3.63, 3.8) is 0 Å². The first-order chi connectivity index (χ1) is 8.82. The second kappa shape index (κ2) is 10.6. The zero-order chi connectivity index (χ0) is 14.5. The molecule has 0 aliphatic carbocycles. The Kier molecular flexibility index (Phi) is 12.9. The fraction of sp³-hybridized carbons (Fsp3) is 0.167. The van der Waals surface area contributed by atoms with Crippen LogP contribution in [0, 0.1) is 264 Å². The van der Waals surface area contributed by atoms with Crippen LogP contribution in [0.2, 0.25) is 0 Å². The van der Waals surface area contributed by atoms with Crippen molar-refractivity contribution >= 4 is 26.2 Å². The molecule has 0 radical (unpaired) electrons. The molecule has 0 saturated heterocycles. The standard InChI is InChI=1S/C12H6S.6Ra.6H/c1-9-3-4-11-8-12(13-2)6-5-10(11)7-9;;;;;;;;;;;;/h1-2H3;;;;;;;;;;;;. The molecule has 78 valence electrons. The molecule has 0 nitrogen and oxygen atoms in total. The van der Waals surface area contributed by atoms with Crippen molar-refractivity contribution in [2.24, 2.45) is 0 Å². The van der Waals surface area contributed by atoms with Crippen molar-refractivity contribution in [3.8, 4) is 0 Å². The predicted molar refractivity (Wildman–Crippen MR) is 66.6 cm³/mol. The first-order valence-corrected chi connectivity index (χ1v) is 32.7. The van der Waals surface area contributed by atoms with Crippen LogP contribution in [0.25, 0.3) is 10.8 Å². The van der Waals surface area contributed by atoms with Gasteiger partial charge < -0.3 is 0 Å². The fourth-order valence-electron chi connectivity index (χ4n) is 3.31. The van der Waals surface area contributed by atoms with E-state index in [-0.39, 0.29) is 0 Å². The number of fused-ring (bicyclic) bond motifs is 1. The third-order valence-electron chi connectivity index (χ3n) is 4.89. The minimum atomic E-state index is 0.507. The van der Waals surface area contributed by atoms with Gasteiger partial charge in [-0.15, -0.1) is 0 Å². The summed E-state index contributed by atoms with van der Waals surface area (Å²) in [5, 5.41) is 3.79. The topological polar surface area (TPSA) is 0 Å². The molecule has 0 fully saturated rings. The first kappa shape index (κ1) is 23.1. The Hall–Kier alpha value is 7.86. The average molecular weight is 1540 g/mol. The molecular formula is C12H12Ra6S. The Balaban J connectivity index is 3.18. The number of hydrogen-bond donors (Lipinski definition) is 0. The van der Waals surface area contributed by atoms with Gasteiger partial charge in [-0.3, -0.25) is 0 Å². The van der Waals surface area contributed by atoms with Gasteiger partial charge in [-0.05, 0) is 0 Å². The zero-order valence-electron chi connectivity index (χ0n) is 13.4. The normalized spacial score (nSPS) is 10.7. The van der Waals surface area contributed by atoms with Crippen LogP contribution in [0.5, 0.6) is 0 Å². The molecule has 19 heavy (non-hydrogen) atoms. The van der Waals surface area contributed by atoms with Crippen LogP contribution in [0.4, 0.5) is 0 Å². The van der Waals surface area contributed by atoms with Gasteiger partial charge in [-0.1, -0.05) is 0 Å². The average Bonchev–Trinajstić information content (AvgIpc) is 2.38. The third kappa shape index (κ3) is 5.07. The molecule has 0 aliphatic heterocycles. The molecule has 7 heteroatoms. The second-order valence-electron chi connectivity index (χ2n) is 5.66. The molecule has 0 aliphatic rings. The summed E-state index contributed by atoms with van der Waals surface area (Å²) < 4.78 is 11.5. The van der Waals surface area contributed by atoms with Crippen molar-refractivity contribution in [2.45, 2.75) is 11.8 Å². The van der Waals surface area contributed by atoms with Crippen LogP contribution in [0.15, 0.2) is 4.90 Å². The van der Waals surface area contributed by atoms with E-state index in [4.69, 9.17) is 0 Å². The molecule has 0 atom stereocenters. The van der Waals surface area contributed by atoms with Crippen molar-refractivity contribution in [3.05, 3.63) is 5.56 Å². The van der Waals surface area contributed by atoms with Crippen molar-refractivity contribution in [2.75, 3.05) is 6.26 Å². The molecule has 0 bridgehead atoms. The Labute approximate surface area is 295 Å². The maximum atomic E-state index is 2.47. The zero-order valence-corrected chi connectivity index (χ0v) is 63.5. The van der Waals surface area contributed by atoms with Gasteiger partial charge >= 0.3 is 307 Å². The fourth-order valence-corrected chi connectivity index (χ4v) is 64.8. The molecule has 0 unspecified atom stereocenters. The molecule has 0 heterocycles. The van der Waals surface area contributed by atoms with E-state index in [2.05, 4.69) is 24.9 Å². The summed E-state index contributed by atoms with van der Waals surface area (Å²) in [5.74, 6) is 0. The third-order valence-corrected chi connectivity index (χ3v) is 73.5. The van der Waals surface area contributed by atoms with Crippen LogP contribution >= 0.6 is 11.8 Å². The molecule has 2 rings (SSSR count). The monoisotopic (exact) mass is 1540 g/mol. The second-order valence-corrected chi connectivity index (χ2v) is 31.1. The van der Waals surface area contributed by atoms with Gasteiger partial charge in [-0.25, -0.2) is 0 Å². The number of thioether (sulfide) groups is 1. The van der Waals surface area contributed by atoms with Gasteiger partial charge in [0.15, 0.2) is 0 Å². The van der Waals surface area contributed by atoms with Gasteiger partial charge in [0.1, 0.15) is 0 Å². The molecule has 0 amide bonds. The summed E-state index contributed by atoms with van der Waals surface area (Å²) >= 11 is 5.27. The molecule has 0 aromatic heterocycles. The predicted octanol–water partition coefficient (Wildman–Crippen LogP) is -2.69. The van der Waals surface area contributed by atoms with Gasteiger partial charge in [0.05, 0.1) is 0 Å². The number of rotatable bonds is 1. The summed E-state index contributed by atoms with van der Waals surface area (Å²) in [7, 11) is 0. The number of hydrogen-bond acceptors (Lipinski definition) is 1. The molecule has 0 saturated carbocycles. The van der Waals surface area contributed by atoms with Crippen LogP contribution in [-0.2, 0) is 0 Å². The van der Waals surface area contributed by atoms with E-state index in [1.807, 2.05) is 14.4 Å². The molecule has 0 N–H and O–H groups in total. The van der Waals surface area contributed by atoms with E-state index < -0.39 is 0 Å². The quantitative estimate of drug-likeness (QED) is 0.281. The summed E-state index contributed by atoms with van der Waals surface area (Å²) in [6, 6.07) is 0. The minimum absolute atomic E-state index is 0.507.